The van der Waals surface area contributed by atoms with Crippen molar-refractivity contribution in [1.82, 2.24) is 15.0 Å². The van der Waals surface area contributed by atoms with E-state index in [0.29, 0.717) is 18.9 Å². The van der Waals surface area contributed by atoms with E-state index >= 15 is 0 Å². The highest BCUT2D eigenvalue weighted by molar-refractivity contribution is 5.86. The molecule has 0 saturated heterocycles. The molecule has 0 aliphatic heterocycles. The van der Waals surface area contributed by atoms with Crippen LogP contribution in [0.3, 0.4) is 0 Å². The van der Waals surface area contributed by atoms with E-state index in [1.807, 2.05) is 0 Å². The van der Waals surface area contributed by atoms with E-state index in [2.05, 4.69) is 10.3 Å². The predicted molar refractivity (Wildman–Crippen MR) is 50.7 cm³/mol. The van der Waals surface area contributed by atoms with E-state index in [9.17, 15) is 4.79 Å². The lowest BCUT2D eigenvalue weighted by Gasteiger charge is -2.03. The van der Waals surface area contributed by atoms with Crippen molar-refractivity contribution in [3.05, 3.63) is 11.4 Å². The average molecular weight is 211 g/mol. The molecule has 0 aromatic carbocycles. The van der Waals surface area contributed by atoms with E-state index < -0.39 is 5.97 Å². The molecule has 1 aromatic rings. The van der Waals surface area contributed by atoms with Gasteiger partial charge in [-0.15, -0.1) is 5.10 Å². The first kappa shape index (κ1) is 10.1. The minimum absolute atomic E-state index is 0.0652. The molecule has 0 spiro atoms. The molecule has 0 unspecified atom stereocenters. The maximum Gasteiger partial charge on any atom is 0.358 e. The van der Waals surface area contributed by atoms with Gasteiger partial charge in [-0.05, 0) is 19.3 Å². The third kappa shape index (κ3) is 1.99. The monoisotopic (exact) mass is 211 g/mol. The lowest BCUT2D eigenvalue weighted by atomic mass is 10.2. The quantitative estimate of drug-likeness (QED) is 0.728. The second-order valence-corrected chi connectivity index (χ2v) is 3.70. The molecule has 1 saturated carbocycles. The first-order valence-corrected chi connectivity index (χ1v) is 5.01. The zero-order valence-corrected chi connectivity index (χ0v) is 8.26. The van der Waals surface area contributed by atoms with Gasteiger partial charge >= 0.3 is 5.97 Å². The summed E-state index contributed by atoms with van der Waals surface area (Å²) in [4.78, 5) is 10.9. The van der Waals surface area contributed by atoms with Crippen LogP contribution in [0.1, 0.15) is 41.4 Å². The van der Waals surface area contributed by atoms with E-state index in [1.165, 1.54) is 0 Å². The van der Waals surface area contributed by atoms with Crippen molar-refractivity contribution in [3.63, 3.8) is 0 Å². The summed E-state index contributed by atoms with van der Waals surface area (Å²) in [7, 11) is 0. The third-order valence-electron chi connectivity index (χ3n) is 2.47. The summed E-state index contributed by atoms with van der Waals surface area (Å²) < 4.78 is 1.61. The second-order valence-electron chi connectivity index (χ2n) is 3.70. The first-order chi connectivity index (χ1) is 7.24. The first-order valence-electron chi connectivity index (χ1n) is 5.01. The van der Waals surface area contributed by atoms with Gasteiger partial charge in [0.25, 0.3) is 0 Å². The Balaban J connectivity index is 2.25. The molecule has 6 heteroatoms. The average Bonchev–Trinajstić information content (AvgIpc) is 2.95. The Morgan fingerprint density at radius 2 is 2.27 bits per heavy atom. The zero-order valence-electron chi connectivity index (χ0n) is 8.26. The van der Waals surface area contributed by atoms with Crippen LogP contribution >= 0.6 is 0 Å². The van der Waals surface area contributed by atoms with Gasteiger partial charge < -0.3 is 10.2 Å². The lowest BCUT2D eigenvalue weighted by molar-refractivity contribution is 0.0689. The highest BCUT2D eigenvalue weighted by Gasteiger charge is 2.33. The van der Waals surface area contributed by atoms with Gasteiger partial charge in [0.2, 0.25) is 0 Å². The fraction of sp³-hybridized carbons (Fsp3) is 0.667. The van der Waals surface area contributed by atoms with Crippen LogP contribution in [-0.2, 0) is 6.54 Å². The molecule has 0 bridgehead atoms. The fourth-order valence-corrected chi connectivity index (χ4v) is 1.62. The van der Waals surface area contributed by atoms with Crippen molar-refractivity contribution in [2.24, 2.45) is 0 Å². The predicted octanol–water partition coefficient (Wildman–Crippen LogP) is 0.236. The standard InChI is InChI=1S/C9H13N3O3/c13-5-1-4-12-8(6-2-3-6)7(9(14)15)10-11-12/h6,13H,1-5H2,(H,14,15). The molecular weight excluding hydrogens is 198 g/mol. The number of carboxylic acid groups (broad SMARTS) is 1. The number of aromatic carboxylic acids is 1. The van der Waals surface area contributed by atoms with Crippen LogP contribution in [0, 0.1) is 0 Å². The van der Waals surface area contributed by atoms with E-state index in [-0.39, 0.29) is 12.3 Å². The van der Waals surface area contributed by atoms with Crippen LogP contribution < -0.4 is 0 Å². The Morgan fingerprint density at radius 3 is 2.80 bits per heavy atom. The Hall–Kier alpha value is -1.43. The smallest absolute Gasteiger partial charge is 0.358 e. The normalized spacial score (nSPS) is 15.5. The van der Waals surface area contributed by atoms with Crippen LogP contribution in [0.15, 0.2) is 0 Å². The number of nitrogens with zero attached hydrogens (tertiary/aromatic N) is 3. The number of carboxylic acids is 1. The minimum atomic E-state index is -1.02. The number of rotatable bonds is 5. The molecular formula is C9H13N3O3. The molecule has 6 nitrogen and oxygen atoms in total. The molecule has 1 heterocycles. The molecule has 0 radical (unpaired) electrons. The van der Waals surface area contributed by atoms with Crippen molar-refractivity contribution < 1.29 is 15.0 Å². The van der Waals surface area contributed by atoms with Gasteiger partial charge in [-0.2, -0.15) is 0 Å². The molecule has 1 aromatic heterocycles. The Kier molecular flexibility index (Phi) is 2.68. The summed E-state index contributed by atoms with van der Waals surface area (Å²) in [5.74, 6) is -0.725. The third-order valence-corrected chi connectivity index (χ3v) is 2.47. The molecule has 2 rings (SSSR count). The van der Waals surface area contributed by atoms with Crippen LogP contribution in [-0.4, -0.2) is 37.8 Å². The SMILES string of the molecule is O=C(O)c1nnn(CCCO)c1C1CC1. The summed E-state index contributed by atoms with van der Waals surface area (Å²) in [6, 6.07) is 0. The topological polar surface area (TPSA) is 88.2 Å². The Bertz CT molecular complexity index is 371. The maximum absolute atomic E-state index is 10.9. The number of hydrogen-bond acceptors (Lipinski definition) is 4. The van der Waals surface area contributed by atoms with Gasteiger partial charge in [-0.25, -0.2) is 9.48 Å². The molecule has 2 N–H and O–H groups in total. The number of carbonyl (C=O) groups is 1. The summed E-state index contributed by atoms with van der Waals surface area (Å²) in [6.45, 7) is 0.606. The van der Waals surface area contributed by atoms with E-state index in [0.717, 1.165) is 18.5 Å². The van der Waals surface area contributed by atoms with Crippen molar-refractivity contribution in [3.8, 4) is 0 Å². The number of aliphatic hydroxyl groups excluding tert-OH is 1. The van der Waals surface area contributed by atoms with Gasteiger partial charge in [0.05, 0.1) is 5.69 Å². The fourth-order valence-electron chi connectivity index (χ4n) is 1.62. The highest BCUT2D eigenvalue weighted by Crippen LogP contribution is 2.41. The largest absolute Gasteiger partial charge is 0.476 e. The second kappa shape index (κ2) is 3.98. The summed E-state index contributed by atoms with van der Waals surface area (Å²) >= 11 is 0. The number of aryl methyl sites for hydroxylation is 1. The summed E-state index contributed by atoms with van der Waals surface area (Å²) in [5.41, 5.74) is 0.784. The van der Waals surface area contributed by atoms with Gasteiger partial charge in [0.1, 0.15) is 0 Å². The molecule has 0 amide bonds. The maximum atomic E-state index is 10.9. The number of hydrogen-bond donors (Lipinski definition) is 2. The van der Waals surface area contributed by atoms with Gasteiger partial charge in [0.15, 0.2) is 5.69 Å². The van der Waals surface area contributed by atoms with Crippen LogP contribution in [0.25, 0.3) is 0 Å². The molecule has 82 valence electrons. The molecule has 0 atom stereocenters. The molecule has 1 aliphatic carbocycles. The van der Waals surface area contributed by atoms with Crippen molar-refractivity contribution >= 4 is 5.97 Å². The molecule has 15 heavy (non-hydrogen) atoms. The summed E-state index contributed by atoms with van der Waals surface area (Å²) in [6.07, 6.45) is 2.59. The van der Waals surface area contributed by atoms with Crippen molar-refractivity contribution in [1.29, 1.82) is 0 Å². The van der Waals surface area contributed by atoms with Crippen molar-refractivity contribution in [2.75, 3.05) is 6.61 Å². The van der Waals surface area contributed by atoms with Crippen LogP contribution in [0.2, 0.25) is 0 Å². The highest BCUT2D eigenvalue weighted by atomic mass is 16.4. The number of aliphatic hydroxyl groups is 1. The van der Waals surface area contributed by atoms with Gasteiger partial charge in [-0.1, -0.05) is 5.21 Å². The summed E-state index contributed by atoms with van der Waals surface area (Å²) in [5, 5.41) is 25.1. The van der Waals surface area contributed by atoms with Crippen LogP contribution in [0.5, 0.6) is 0 Å². The molecule has 1 aliphatic rings. The number of aromatic nitrogens is 3. The lowest BCUT2D eigenvalue weighted by Crippen LogP contribution is -2.08. The molecule has 1 fully saturated rings. The Labute approximate surface area is 86.5 Å². The zero-order chi connectivity index (χ0) is 10.8. The van der Waals surface area contributed by atoms with E-state index in [1.54, 1.807) is 4.68 Å². The minimum Gasteiger partial charge on any atom is -0.476 e. The van der Waals surface area contributed by atoms with E-state index in [4.69, 9.17) is 10.2 Å². The van der Waals surface area contributed by atoms with Gasteiger partial charge in [-0.3, -0.25) is 0 Å². The van der Waals surface area contributed by atoms with Gasteiger partial charge in [0, 0.05) is 19.1 Å². The van der Waals surface area contributed by atoms with Crippen LogP contribution in [0.4, 0.5) is 0 Å². The van der Waals surface area contributed by atoms with Crippen molar-refractivity contribution in [2.45, 2.75) is 31.7 Å². The Morgan fingerprint density at radius 1 is 1.53 bits per heavy atom.